The number of aromatic nitrogens is 4. The van der Waals surface area contributed by atoms with Crippen LogP contribution in [0.2, 0.25) is 5.15 Å². The van der Waals surface area contributed by atoms with E-state index in [2.05, 4.69) is 15.3 Å². The predicted octanol–water partition coefficient (Wildman–Crippen LogP) is 3.66. The van der Waals surface area contributed by atoms with Gasteiger partial charge in [0.05, 0.1) is 26.3 Å². The van der Waals surface area contributed by atoms with Gasteiger partial charge < -0.3 is 24.6 Å². The van der Waals surface area contributed by atoms with Gasteiger partial charge in [-0.3, -0.25) is 14.2 Å². The third-order valence-electron chi connectivity index (χ3n) is 6.82. The molecular formula is C28H36ClN7O4. The molecule has 0 spiro atoms. The molecule has 2 unspecified atom stereocenters. The van der Waals surface area contributed by atoms with E-state index < -0.39 is 0 Å². The first-order valence-electron chi connectivity index (χ1n) is 13.3. The summed E-state index contributed by atoms with van der Waals surface area (Å²) in [7, 11) is 3.16. The first kappa shape index (κ1) is 29.1. The lowest BCUT2D eigenvalue weighted by Crippen LogP contribution is -2.56. The van der Waals surface area contributed by atoms with E-state index in [1.165, 1.54) is 0 Å². The van der Waals surface area contributed by atoms with E-state index in [-0.39, 0.29) is 41.4 Å². The van der Waals surface area contributed by atoms with Crippen LogP contribution in [-0.2, 0) is 9.59 Å². The topological polar surface area (TPSA) is 115 Å². The average Bonchev–Trinajstić information content (AvgIpc) is 3.47. The Labute approximate surface area is 239 Å². The summed E-state index contributed by atoms with van der Waals surface area (Å²) in [6.07, 6.45) is 5.58. The van der Waals surface area contributed by atoms with Crippen LogP contribution >= 0.6 is 11.6 Å². The second kappa shape index (κ2) is 13.0. The molecule has 0 bridgehead atoms. The molecule has 0 radical (unpaired) electrons. The third kappa shape index (κ3) is 7.01. The number of rotatable bonds is 10. The molecule has 0 aliphatic carbocycles. The Morgan fingerprint density at radius 3 is 2.55 bits per heavy atom. The average molecular weight is 570 g/mol. The molecule has 0 saturated carbocycles. The van der Waals surface area contributed by atoms with Crippen molar-refractivity contribution in [2.24, 2.45) is 5.92 Å². The van der Waals surface area contributed by atoms with Crippen molar-refractivity contribution in [2.45, 2.75) is 45.7 Å². The van der Waals surface area contributed by atoms with Gasteiger partial charge in [0, 0.05) is 50.9 Å². The Balaban J connectivity index is 1.55. The molecule has 1 N–H and O–H groups in total. The summed E-state index contributed by atoms with van der Waals surface area (Å²) in [6.45, 7) is 7.38. The number of carbonyl (C=O) groups is 2. The maximum Gasteiger partial charge on any atom is 0.238 e. The molecular weight excluding hydrogens is 534 g/mol. The van der Waals surface area contributed by atoms with Crippen LogP contribution in [0, 0.1) is 5.92 Å². The first-order valence-corrected chi connectivity index (χ1v) is 13.6. The quantitative estimate of drug-likeness (QED) is 0.368. The van der Waals surface area contributed by atoms with Gasteiger partial charge in [-0.25, -0.2) is 9.97 Å². The van der Waals surface area contributed by atoms with Crippen molar-refractivity contribution in [3.05, 3.63) is 53.7 Å². The zero-order valence-corrected chi connectivity index (χ0v) is 24.3. The lowest BCUT2D eigenvalue weighted by molar-refractivity contribution is -0.133. The maximum atomic E-state index is 13.4. The molecule has 2 atom stereocenters. The van der Waals surface area contributed by atoms with E-state index in [0.29, 0.717) is 49.3 Å². The minimum Gasteiger partial charge on any atom is -0.493 e. The highest BCUT2D eigenvalue weighted by molar-refractivity contribution is 6.29. The van der Waals surface area contributed by atoms with Crippen molar-refractivity contribution in [1.29, 1.82) is 0 Å². The number of hydrogen-bond donors (Lipinski definition) is 1. The summed E-state index contributed by atoms with van der Waals surface area (Å²) in [5.74, 6) is 2.35. The van der Waals surface area contributed by atoms with Crippen molar-refractivity contribution < 1.29 is 19.1 Å². The molecule has 214 valence electrons. The molecule has 4 rings (SSSR count). The van der Waals surface area contributed by atoms with Crippen LogP contribution < -0.4 is 19.7 Å². The number of nitrogens with one attached hydrogen (secondary N) is 1. The highest BCUT2D eigenvalue weighted by atomic mass is 35.5. The zero-order valence-electron chi connectivity index (χ0n) is 23.5. The highest BCUT2D eigenvalue weighted by Gasteiger charge is 2.33. The van der Waals surface area contributed by atoms with Crippen LogP contribution in [0.15, 0.2) is 43.0 Å². The molecule has 2 amide bonds. The van der Waals surface area contributed by atoms with Crippen LogP contribution in [0.4, 0.5) is 5.82 Å². The fourth-order valence-electron chi connectivity index (χ4n) is 4.79. The third-order valence-corrected chi connectivity index (χ3v) is 7.02. The molecule has 1 aromatic carbocycles. The summed E-state index contributed by atoms with van der Waals surface area (Å²) in [4.78, 5) is 43.3. The molecule has 12 heteroatoms. The van der Waals surface area contributed by atoms with E-state index in [1.807, 2.05) is 48.8 Å². The second-order valence-electron chi connectivity index (χ2n) is 10.2. The standard InChI is InChI=1S/C28H36ClN7O4/c1-18(2)12-27(38)34-10-11-36(25-15-24(29)32-28(33-25)35-9-8-30-17-35)21(16-34)14-26(37)31-19(3)20-6-7-22(39-4)23(13-20)40-5/h6-9,13,15,17-19,21H,10-12,14,16H2,1-5H3,(H,31,37). The van der Waals surface area contributed by atoms with Crippen LogP contribution in [0.5, 0.6) is 11.5 Å². The number of benzene rings is 1. The normalized spacial score (nSPS) is 16.1. The first-order chi connectivity index (χ1) is 19.2. The minimum atomic E-state index is -0.316. The van der Waals surface area contributed by atoms with Gasteiger partial charge in [-0.1, -0.05) is 31.5 Å². The number of carbonyl (C=O) groups excluding carboxylic acids is 2. The minimum absolute atomic E-state index is 0.0820. The van der Waals surface area contributed by atoms with Gasteiger partial charge >= 0.3 is 0 Å². The van der Waals surface area contributed by atoms with Crippen molar-refractivity contribution in [1.82, 2.24) is 29.7 Å². The van der Waals surface area contributed by atoms with Crippen molar-refractivity contribution in [2.75, 3.05) is 38.8 Å². The van der Waals surface area contributed by atoms with Crippen LogP contribution in [-0.4, -0.2) is 76.1 Å². The van der Waals surface area contributed by atoms with Gasteiger partial charge in [0.1, 0.15) is 17.3 Å². The summed E-state index contributed by atoms with van der Waals surface area (Å²) in [5.41, 5.74) is 0.882. The Kier molecular flexibility index (Phi) is 9.46. The van der Waals surface area contributed by atoms with Gasteiger partial charge in [0.25, 0.3) is 0 Å². The number of anilines is 1. The highest BCUT2D eigenvalue weighted by Crippen LogP contribution is 2.30. The second-order valence-corrected chi connectivity index (χ2v) is 10.6. The van der Waals surface area contributed by atoms with E-state index in [0.717, 1.165) is 5.56 Å². The molecule has 3 heterocycles. The SMILES string of the molecule is COc1ccc(C(C)NC(=O)CC2CN(C(=O)CC(C)C)CCN2c2cc(Cl)nc(-n3ccnc3)n2)cc1OC. The Bertz CT molecular complexity index is 1320. The fourth-order valence-corrected chi connectivity index (χ4v) is 4.96. The molecule has 11 nitrogen and oxygen atoms in total. The van der Waals surface area contributed by atoms with Gasteiger partial charge in [0.15, 0.2) is 11.5 Å². The Morgan fingerprint density at radius 1 is 1.10 bits per heavy atom. The smallest absolute Gasteiger partial charge is 0.238 e. The van der Waals surface area contributed by atoms with Gasteiger partial charge in [-0.05, 0) is 30.5 Å². The summed E-state index contributed by atoms with van der Waals surface area (Å²) in [5, 5.41) is 3.36. The summed E-state index contributed by atoms with van der Waals surface area (Å²) >= 11 is 6.38. The van der Waals surface area contributed by atoms with Crippen LogP contribution in [0.25, 0.3) is 5.95 Å². The number of amides is 2. The number of methoxy groups -OCH3 is 2. The van der Waals surface area contributed by atoms with Gasteiger partial charge in [0.2, 0.25) is 17.8 Å². The van der Waals surface area contributed by atoms with E-state index in [1.54, 1.807) is 43.6 Å². The summed E-state index contributed by atoms with van der Waals surface area (Å²) < 4.78 is 12.4. The molecule has 1 aliphatic heterocycles. The lowest BCUT2D eigenvalue weighted by atomic mass is 10.0. The van der Waals surface area contributed by atoms with Crippen LogP contribution in [0.3, 0.4) is 0 Å². The number of ether oxygens (including phenoxy) is 2. The number of piperazine rings is 1. The Hall–Kier alpha value is -3.86. The largest absolute Gasteiger partial charge is 0.493 e. The van der Waals surface area contributed by atoms with Gasteiger partial charge in [-0.15, -0.1) is 0 Å². The fraction of sp³-hybridized carbons (Fsp3) is 0.464. The lowest BCUT2D eigenvalue weighted by Gasteiger charge is -2.42. The molecule has 1 saturated heterocycles. The Morgan fingerprint density at radius 2 is 1.88 bits per heavy atom. The molecule has 1 aliphatic rings. The summed E-state index contributed by atoms with van der Waals surface area (Å²) in [6, 6.07) is 6.66. The molecule has 3 aromatic rings. The number of nitrogens with zero attached hydrogens (tertiary/aromatic N) is 6. The van der Waals surface area contributed by atoms with Crippen molar-refractivity contribution in [3.8, 4) is 17.4 Å². The zero-order chi connectivity index (χ0) is 28.8. The number of hydrogen-bond acceptors (Lipinski definition) is 8. The predicted molar refractivity (Wildman–Crippen MR) is 152 cm³/mol. The number of imidazole rings is 1. The van der Waals surface area contributed by atoms with Crippen molar-refractivity contribution >= 4 is 29.2 Å². The van der Waals surface area contributed by atoms with Gasteiger partial charge in [-0.2, -0.15) is 4.98 Å². The van der Waals surface area contributed by atoms with E-state index in [9.17, 15) is 9.59 Å². The molecule has 2 aromatic heterocycles. The van der Waals surface area contributed by atoms with E-state index in [4.69, 9.17) is 26.1 Å². The maximum absolute atomic E-state index is 13.4. The van der Waals surface area contributed by atoms with E-state index >= 15 is 0 Å². The monoisotopic (exact) mass is 569 g/mol. The van der Waals surface area contributed by atoms with Crippen molar-refractivity contribution in [3.63, 3.8) is 0 Å². The molecule has 40 heavy (non-hydrogen) atoms. The van der Waals surface area contributed by atoms with Crippen LogP contribution in [0.1, 0.15) is 45.2 Å². The number of halogens is 1. The molecule has 1 fully saturated rings.